The summed E-state index contributed by atoms with van der Waals surface area (Å²) in [6, 6.07) is 8.01. The predicted molar refractivity (Wildman–Crippen MR) is 75.9 cm³/mol. The van der Waals surface area contributed by atoms with E-state index in [0.29, 0.717) is 5.75 Å². The van der Waals surface area contributed by atoms with Gasteiger partial charge in [0.05, 0.1) is 6.10 Å². The van der Waals surface area contributed by atoms with Crippen LogP contribution in [0.4, 0.5) is 5.95 Å². The fraction of sp³-hybridized carbons (Fsp3) is 0.357. The van der Waals surface area contributed by atoms with Gasteiger partial charge in [-0.3, -0.25) is 0 Å². The van der Waals surface area contributed by atoms with E-state index in [1.165, 1.54) is 5.56 Å². The summed E-state index contributed by atoms with van der Waals surface area (Å²) in [6.45, 7) is 5.84. The minimum absolute atomic E-state index is 0.0481. The van der Waals surface area contributed by atoms with Crippen LogP contribution in [-0.2, 0) is 6.42 Å². The standard InChI is InChI=1S/C14H18N4O2/c1-4-10-6-5-7-11(8-10)20-14-17-12(15)16-13(18-14)19-9(2)3/h5-9H,4H2,1-3H3,(H2,15,16,17,18). The molecule has 6 nitrogen and oxygen atoms in total. The van der Waals surface area contributed by atoms with Crippen LogP contribution in [0.1, 0.15) is 26.3 Å². The van der Waals surface area contributed by atoms with Gasteiger partial charge < -0.3 is 15.2 Å². The predicted octanol–water partition coefficient (Wildman–Crippen LogP) is 2.60. The Bertz CT molecular complexity index is 587. The smallest absolute Gasteiger partial charge is 0.330 e. The summed E-state index contributed by atoms with van der Waals surface area (Å²) in [5, 5.41) is 0. The van der Waals surface area contributed by atoms with Crippen molar-refractivity contribution in [3.8, 4) is 17.8 Å². The lowest BCUT2D eigenvalue weighted by molar-refractivity contribution is 0.219. The molecule has 106 valence electrons. The number of hydrogen-bond donors (Lipinski definition) is 1. The highest BCUT2D eigenvalue weighted by Crippen LogP contribution is 2.21. The monoisotopic (exact) mass is 274 g/mol. The zero-order chi connectivity index (χ0) is 14.5. The number of aromatic nitrogens is 3. The van der Waals surface area contributed by atoms with Crippen molar-refractivity contribution in [2.45, 2.75) is 33.3 Å². The quantitative estimate of drug-likeness (QED) is 0.902. The second-order valence-electron chi connectivity index (χ2n) is 4.53. The molecular formula is C14H18N4O2. The van der Waals surface area contributed by atoms with Gasteiger partial charge in [-0.25, -0.2) is 0 Å². The third-order valence-corrected chi connectivity index (χ3v) is 2.47. The summed E-state index contributed by atoms with van der Waals surface area (Å²) in [5.74, 6) is 0.725. The molecule has 0 radical (unpaired) electrons. The van der Waals surface area contributed by atoms with E-state index in [0.717, 1.165) is 6.42 Å². The maximum atomic E-state index is 5.62. The summed E-state index contributed by atoms with van der Waals surface area (Å²) in [6.07, 6.45) is 0.881. The molecule has 0 aliphatic heterocycles. The number of nitrogens with zero attached hydrogens (tertiary/aromatic N) is 3. The molecule has 0 amide bonds. The molecule has 2 rings (SSSR count). The maximum absolute atomic E-state index is 5.62. The van der Waals surface area contributed by atoms with Crippen LogP contribution in [0.2, 0.25) is 0 Å². The van der Waals surface area contributed by atoms with Gasteiger partial charge in [-0.2, -0.15) is 9.97 Å². The minimum atomic E-state index is -0.0481. The molecule has 6 heteroatoms. The number of aryl methyl sites for hydroxylation is 1. The van der Waals surface area contributed by atoms with Gasteiger partial charge in [0.15, 0.2) is 0 Å². The van der Waals surface area contributed by atoms with Gasteiger partial charge >= 0.3 is 12.0 Å². The summed E-state index contributed by atoms with van der Waals surface area (Å²) in [4.78, 5) is 11.9. The van der Waals surface area contributed by atoms with Gasteiger partial charge in [0.25, 0.3) is 0 Å². The van der Waals surface area contributed by atoms with Crippen LogP contribution >= 0.6 is 0 Å². The molecule has 1 heterocycles. The molecule has 1 aromatic carbocycles. The number of ether oxygens (including phenoxy) is 2. The fourth-order valence-corrected chi connectivity index (χ4v) is 1.60. The lowest BCUT2D eigenvalue weighted by Gasteiger charge is -2.09. The van der Waals surface area contributed by atoms with Gasteiger partial charge in [0.2, 0.25) is 5.95 Å². The molecule has 0 fully saturated rings. The van der Waals surface area contributed by atoms with Crippen molar-refractivity contribution in [3.05, 3.63) is 29.8 Å². The average molecular weight is 274 g/mol. The van der Waals surface area contributed by atoms with Crippen LogP contribution < -0.4 is 15.2 Å². The minimum Gasteiger partial charge on any atom is -0.461 e. The van der Waals surface area contributed by atoms with E-state index >= 15 is 0 Å². The van der Waals surface area contributed by atoms with E-state index in [-0.39, 0.29) is 24.1 Å². The second-order valence-corrected chi connectivity index (χ2v) is 4.53. The molecule has 0 unspecified atom stereocenters. The van der Waals surface area contributed by atoms with E-state index in [4.69, 9.17) is 15.2 Å². The molecule has 0 spiro atoms. The van der Waals surface area contributed by atoms with Crippen molar-refractivity contribution in [1.29, 1.82) is 0 Å². The summed E-state index contributed by atoms with van der Waals surface area (Å²) < 4.78 is 11.0. The fourth-order valence-electron chi connectivity index (χ4n) is 1.60. The molecule has 1 aromatic heterocycles. The van der Waals surface area contributed by atoms with Crippen molar-refractivity contribution < 1.29 is 9.47 Å². The van der Waals surface area contributed by atoms with E-state index < -0.39 is 0 Å². The molecule has 0 saturated carbocycles. The highest BCUT2D eigenvalue weighted by Gasteiger charge is 2.09. The Morgan fingerprint density at radius 3 is 2.60 bits per heavy atom. The average Bonchev–Trinajstić information content (AvgIpc) is 2.37. The van der Waals surface area contributed by atoms with Gasteiger partial charge in [-0.15, -0.1) is 4.98 Å². The number of nitrogens with two attached hydrogens (primary N) is 1. The number of benzene rings is 1. The van der Waals surface area contributed by atoms with Crippen molar-refractivity contribution in [2.24, 2.45) is 0 Å². The Morgan fingerprint density at radius 1 is 1.15 bits per heavy atom. The zero-order valence-corrected chi connectivity index (χ0v) is 11.8. The first-order valence-electron chi connectivity index (χ1n) is 6.52. The van der Waals surface area contributed by atoms with Crippen molar-refractivity contribution in [3.63, 3.8) is 0 Å². The Kier molecular flexibility index (Phi) is 4.34. The van der Waals surface area contributed by atoms with Crippen LogP contribution in [-0.4, -0.2) is 21.1 Å². The number of nitrogen functional groups attached to an aromatic ring is 1. The molecule has 2 aromatic rings. The van der Waals surface area contributed by atoms with E-state index in [1.54, 1.807) is 0 Å². The number of rotatable bonds is 5. The van der Waals surface area contributed by atoms with Crippen molar-refractivity contribution in [1.82, 2.24) is 15.0 Å². The summed E-state index contributed by atoms with van der Waals surface area (Å²) in [7, 11) is 0. The van der Waals surface area contributed by atoms with Crippen LogP contribution in [0.25, 0.3) is 0 Å². The molecule has 2 N–H and O–H groups in total. The van der Waals surface area contributed by atoms with Gasteiger partial charge in [-0.05, 0) is 38.0 Å². The SMILES string of the molecule is CCc1cccc(Oc2nc(N)nc(OC(C)C)n2)c1. The van der Waals surface area contributed by atoms with Crippen LogP contribution in [0.5, 0.6) is 17.8 Å². The number of anilines is 1. The Balaban J connectivity index is 2.21. The first-order chi connectivity index (χ1) is 9.56. The van der Waals surface area contributed by atoms with Crippen molar-refractivity contribution >= 4 is 5.95 Å². The van der Waals surface area contributed by atoms with Crippen LogP contribution in [0, 0.1) is 0 Å². The molecular weight excluding hydrogens is 256 g/mol. The Morgan fingerprint density at radius 2 is 1.90 bits per heavy atom. The van der Waals surface area contributed by atoms with Crippen LogP contribution in [0.3, 0.4) is 0 Å². The number of hydrogen-bond acceptors (Lipinski definition) is 6. The van der Waals surface area contributed by atoms with Gasteiger partial charge in [0, 0.05) is 0 Å². The third-order valence-electron chi connectivity index (χ3n) is 2.47. The molecule has 20 heavy (non-hydrogen) atoms. The van der Waals surface area contributed by atoms with Crippen molar-refractivity contribution in [2.75, 3.05) is 5.73 Å². The van der Waals surface area contributed by atoms with E-state index in [1.807, 2.05) is 38.1 Å². The van der Waals surface area contributed by atoms with Gasteiger partial charge in [-0.1, -0.05) is 19.1 Å². The second kappa shape index (κ2) is 6.18. The topological polar surface area (TPSA) is 83.2 Å². The maximum Gasteiger partial charge on any atom is 0.330 e. The lowest BCUT2D eigenvalue weighted by atomic mass is 10.2. The van der Waals surface area contributed by atoms with Crippen LogP contribution in [0.15, 0.2) is 24.3 Å². The Labute approximate surface area is 118 Å². The molecule has 0 saturated heterocycles. The largest absolute Gasteiger partial charge is 0.461 e. The Hall–Kier alpha value is -2.37. The van der Waals surface area contributed by atoms with E-state index in [9.17, 15) is 0 Å². The third kappa shape index (κ3) is 3.81. The molecule has 0 atom stereocenters. The zero-order valence-electron chi connectivity index (χ0n) is 11.8. The van der Waals surface area contributed by atoms with E-state index in [2.05, 4.69) is 21.9 Å². The first-order valence-corrected chi connectivity index (χ1v) is 6.52. The first kappa shape index (κ1) is 14.0. The molecule has 0 aliphatic carbocycles. The molecule has 0 aliphatic rings. The van der Waals surface area contributed by atoms with Gasteiger partial charge in [0.1, 0.15) is 5.75 Å². The highest BCUT2D eigenvalue weighted by atomic mass is 16.5. The summed E-state index contributed by atoms with van der Waals surface area (Å²) >= 11 is 0. The highest BCUT2D eigenvalue weighted by molar-refractivity contribution is 5.31. The summed E-state index contributed by atoms with van der Waals surface area (Å²) in [5.41, 5.74) is 6.79. The normalized spacial score (nSPS) is 10.6. The lowest BCUT2D eigenvalue weighted by Crippen LogP contribution is -2.11. The molecule has 0 bridgehead atoms.